The summed E-state index contributed by atoms with van der Waals surface area (Å²) in [5, 5.41) is 19.1. The Morgan fingerprint density at radius 3 is 2.42 bits per heavy atom. The molecule has 1 rings (SSSR count). The lowest BCUT2D eigenvalue weighted by molar-refractivity contribution is -0.533. The van der Waals surface area contributed by atoms with E-state index >= 15 is 0 Å². The van der Waals surface area contributed by atoms with Gasteiger partial charge in [0.2, 0.25) is 6.04 Å². The molecule has 1 aliphatic carbocycles. The van der Waals surface area contributed by atoms with Crippen LogP contribution in [0, 0.1) is 16.0 Å². The van der Waals surface area contributed by atoms with Crippen molar-refractivity contribution in [2.75, 3.05) is 0 Å². The summed E-state index contributed by atoms with van der Waals surface area (Å²) in [6, 6.07) is -0.865. The maximum absolute atomic E-state index is 10.6. The number of hydrogen-bond acceptors (Lipinski definition) is 3. The minimum absolute atomic E-state index is 0.407. The van der Waals surface area contributed by atoms with Crippen molar-refractivity contribution in [3.05, 3.63) is 10.1 Å². The minimum Gasteiger partial charge on any atom is -0.481 e. The van der Waals surface area contributed by atoms with Crippen LogP contribution in [0.3, 0.4) is 0 Å². The van der Waals surface area contributed by atoms with Crippen molar-refractivity contribution < 1.29 is 14.8 Å². The monoisotopic (exact) mass is 173 g/mol. The van der Waals surface area contributed by atoms with Crippen molar-refractivity contribution in [3.63, 3.8) is 0 Å². The third-order valence-corrected chi connectivity index (χ3v) is 2.32. The van der Waals surface area contributed by atoms with Gasteiger partial charge in [-0.2, -0.15) is 0 Å². The minimum atomic E-state index is -1.03. The second-order valence-electron chi connectivity index (χ2n) is 3.08. The number of carboxylic acids is 1. The molecular formula is C7H11NO4. The summed E-state index contributed by atoms with van der Waals surface area (Å²) in [5.41, 5.74) is 0. The van der Waals surface area contributed by atoms with Crippen LogP contribution >= 0.6 is 0 Å². The molecule has 1 N–H and O–H groups in total. The molecule has 0 amide bonds. The number of nitrogens with zero attached hydrogens (tertiary/aromatic N) is 1. The van der Waals surface area contributed by atoms with E-state index in [1.54, 1.807) is 0 Å². The maximum atomic E-state index is 10.6. The van der Waals surface area contributed by atoms with E-state index in [-0.39, 0.29) is 0 Å². The van der Waals surface area contributed by atoms with Gasteiger partial charge >= 0.3 is 5.97 Å². The summed E-state index contributed by atoms with van der Waals surface area (Å²) in [6.45, 7) is 0. The predicted octanol–water partition coefficient (Wildman–Crippen LogP) is 0.907. The number of nitro groups is 1. The van der Waals surface area contributed by atoms with E-state index in [0.717, 1.165) is 12.8 Å². The van der Waals surface area contributed by atoms with Crippen LogP contribution in [0.5, 0.6) is 0 Å². The fourth-order valence-corrected chi connectivity index (χ4v) is 1.65. The molecule has 0 bridgehead atoms. The quantitative estimate of drug-likeness (QED) is 0.497. The Balaban J connectivity index is 2.67. The highest BCUT2D eigenvalue weighted by molar-refractivity contribution is 5.70. The zero-order valence-electron chi connectivity index (χ0n) is 6.60. The summed E-state index contributed by atoms with van der Waals surface area (Å²) in [4.78, 5) is 20.5. The van der Waals surface area contributed by atoms with Crippen LogP contribution in [0.1, 0.15) is 25.7 Å². The first-order valence-corrected chi connectivity index (χ1v) is 3.99. The zero-order valence-corrected chi connectivity index (χ0v) is 6.60. The largest absolute Gasteiger partial charge is 0.481 e. The fourth-order valence-electron chi connectivity index (χ4n) is 1.65. The van der Waals surface area contributed by atoms with Gasteiger partial charge < -0.3 is 5.11 Å². The second-order valence-corrected chi connectivity index (χ2v) is 3.08. The van der Waals surface area contributed by atoms with Gasteiger partial charge in [0.05, 0.1) is 0 Å². The Morgan fingerprint density at radius 2 is 2.00 bits per heavy atom. The molecule has 5 heteroatoms. The Kier molecular flexibility index (Phi) is 2.62. The standard InChI is InChI=1S/C7H11NO4/c9-7(10)5-3-1-2-4-6(5)8(11)12/h5-6H,1-4H2,(H,9,10). The molecule has 0 aromatic heterocycles. The lowest BCUT2D eigenvalue weighted by Gasteiger charge is -2.21. The maximum Gasteiger partial charge on any atom is 0.313 e. The van der Waals surface area contributed by atoms with Crippen LogP contribution in [-0.4, -0.2) is 22.0 Å². The second kappa shape index (κ2) is 3.51. The van der Waals surface area contributed by atoms with E-state index in [4.69, 9.17) is 5.11 Å². The molecule has 2 atom stereocenters. The lowest BCUT2D eigenvalue weighted by atomic mass is 9.85. The van der Waals surface area contributed by atoms with Gasteiger partial charge in [0.25, 0.3) is 0 Å². The van der Waals surface area contributed by atoms with Crippen molar-refractivity contribution in [2.45, 2.75) is 31.7 Å². The summed E-state index contributed by atoms with van der Waals surface area (Å²) >= 11 is 0. The van der Waals surface area contributed by atoms with E-state index < -0.39 is 22.9 Å². The van der Waals surface area contributed by atoms with Gasteiger partial charge in [0.15, 0.2) is 0 Å². The van der Waals surface area contributed by atoms with Crippen LogP contribution < -0.4 is 0 Å². The molecule has 12 heavy (non-hydrogen) atoms. The highest BCUT2D eigenvalue weighted by atomic mass is 16.6. The lowest BCUT2D eigenvalue weighted by Crippen LogP contribution is -2.37. The summed E-state index contributed by atoms with van der Waals surface area (Å²) in [6.07, 6.45) is 2.42. The molecule has 0 aromatic rings. The molecule has 1 saturated carbocycles. The molecule has 1 aliphatic rings. The molecule has 0 radical (unpaired) electrons. The molecule has 1 fully saturated rings. The van der Waals surface area contributed by atoms with Crippen molar-refractivity contribution in [2.24, 2.45) is 5.92 Å². The van der Waals surface area contributed by atoms with Gasteiger partial charge in [0, 0.05) is 11.3 Å². The van der Waals surface area contributed by atoms with E-state index in [1.165, 1.54) is 0 Å². The first-order chi connectivity index (χ1) is 5.63. The number of carbonyl (C=O) groups is 1. The first kappa shape index (κ1) is 8.96. The molecule has 0 aromatic carbocycles. The Labute approximate surface area is 69.5 Å². The first-order valence-electron chi connectivity index (χ1n) is 3.99. The van der Waals surface area contributed by atoms with Crippen LogP contribution in [-0.2, 0) is 4.79 Å². The molecule has 0 saturated heterocycles. The van der Waals surface area contributed by atoms with Crippen LogP contribution in [0.4, 0.5) is 0 Å². The molecule has 2 unspecified atom stereocenters. The molecule has 0 aliphatic heterocycles. The van der Waals surface area contributed by atoms with Crippen molar-refractivity contribution in [1.29, 1.82) is 0 Å². The molecule has 0 spiro atoms. The third kappa shape index (κ3) is 1.72. The summed E-state index contributed by atoms with van der Waals surface area (Å²) in [5.74, 6) is -1.80. The SMILES string of the molecule is O=C(O)C1CCCCC1[N+](=O)[O-]. The summed E-state index contributed by atoms with van der Waals surface area (Å²) in [7, 11) is 0. The normalized spacial score (nSPS) is 29.7. The third-order valence-electron chi connectivity index (χ3n) is 2.32. The topological polar surface area (TPSA) is 80.4 Å². The van der Waals surface area contributed by atoms with E-state index in [2.05, 4.69) is 0 Å². The highest BCUT2D eigenvalue weighted by Crippen LogP contribution is 2.26. The number of aliphatic carboxylic acids is 1. The number of hydrogen-bond donors (Lipinski definition) is 1. The Morgan fingerprint density at radius 1 is 1.42 bits per heavy atom. The Bertz CT molecular complexity index is 182. The molecule has 5 nitrogen and oxygen atoms in total. The van der Waals surface area contributed by atoms with Crippen molar-refractivity contribution in [3.8, 4) is 0 Å². The van der Waals surface area contributed by atoms with Gasteiger partial charge in [-0.25, -0.2) is 0 Å². The van der Waals surface area contributed by atoms with Gasteiger partial charge in [-0.15, -0.1) is 0 Å². The van der Waals surface area contributed by atoms with E-state index in [1.807, 2.05) is 0 Å². The fraction of sp³-hybridized carbons (Fsp3) is 0.857. The zero-order chi connectivity index (χ0) is 9.14. The van der Waals surface area contributed by atoms with Crippen LogP contribution in [0.15, 0.2) is 0 Å². The molecule has 0 heterocycles. The molecule has 68 valence electrons. The van der Waals surface area contributed by atoms with E-state index in [9.17, 15) is 14.9 Å². The van der Waals surface area contributed by atoms with Crippen LogP contribution in [0.2, 0.25) is 0 Å². The van der Waals surface area contributed by atoms with Crippen molar-refractivity contribution >= 4 is 5.97 Å². The van der Waals surface area contributed by atoms with Gasteiger partial charge in [-0.3, -0.25) is 14.9 Å². The number of rotatable bonds is 2. The molecular weight excluding hydrogens is 162 g/mol. The predicted molar refractivity (Wildman–Crippen MR) is 40.4 cm³/mol. The average molecular weight is 173 g/mol. The van der Waals surface area contributed by atoms with Gasteiger partial charge in [-0.05, 0) is 12.8 Å². The van der Waals surface area contributed by atoms with Gasteiger partial charge in [-0.1, -0.05) is 6.42 Å². The number of carboxylic acid groups (broad SMARTS) is 1. The van der Waals surface area contributed by atoms with Crippen LogP contribution in [0.25, 0.3) is 0 Å². The van der Waals surface area contributed by atoms with E-state index in [0.29, 0.717) is 12.8 Å². The smallest absolute Gasteiger partial charge is 0.313 e. The summed E-state index contributed by atoms with van der Waals surface area (Å²) < 4.78 is 0. The van der Waals surface area contributed by atoms with Crippen molar-refractivity contribution in [1.82, 2.24) is 0 Å². The average Bonchev–Trinajstić information content (AvgIpc) is 2.04. The van der Waals surface area contributed by atoms with Gasteiger partial charge in [0.1, 0.15) is 5.92 Å². The highest BCUT2D eigenvalue weighted by Gasteiger charge is 2.38. The Hall–Kier alpha value is -1.13.